The van der Waals surface area contributed by atoms with Gasteiger partial charge in [0.2, 0.25) is 11.8 Å². The largest absolute Gasteiger partial charge is 0.389 e. The van der Waals surface area contributed by atoms with Gasteiger partial charge in [0.1, 0.15) is 25.1 Å². The topological polar surface area (TPSA) is 133 Å². The van der Waals surface area contributed by atoms with Gasteiger partial charge in [0.25, 0.3) is 5.91 Å². The van der Waals surface area contributed by atoms with Crippen molar-refractivity contribution < 1.29 is 23.9 Å². The molecule has 2 aromatic heterocycles. The SMILES string of the molecule is CCN1Cc2ccc(NC(=O)[C@@H]3C[C@@H](F)CN3C(=O)Cn3cc(C(C)O)c4cc(Nc5cncnc5)ccc43)cc2C1=O. The maximum absolute atomic E-state index is 14.6. The van der Waals surface area contributed by atoms with Gasteiger partial charge in [-0.25, -0.2) is 14.4 Å². The number of carbonyl (C=O) groups excluding carboxylic acids is 3. The van der Waals surface area contributed by atoms with Crippen molar-refractivity contribution in [2.45, 2.75) is 51.7 Å². The second kappa shape index (κ2) is 11.4. The van der Waals surface area contributed by atoms with Crippen LogP contribution in [0.3, 0.4) is 0 Å². The van der Waals surface area contributed by atoms with Crippen molar-refractivity contribution in [3.05, 3.63) is 78.0 Å². The molecule has 0 bridgehead atoms. The van der Waals surface area contributed by atoms with Crippen molar-refractivity contribution in [1.82, 2.24) is 24.3 Å². The number of likely N-dealkylation sites (tertiary alicyclic amines) is 1. The zero-order valence-electron chi connectivity index (χ0n) is 23.8. The molecule has 3 amide bonds. The van der Waals surface area contributed by atoms with Gasteiger partial charge >= 0.3 is 0 Å². The first-order valence-corrected chi connectivity index (χ1v) is 14.2. The first-order valence-electron chi connectivity index (χ1n) is 14.2. The number of alkyl halides is 1. The molecule has 11 nitrogen and oxygen atoms in total. The summed E-state index contributed by atoms with van der Waals surface area (Å²) in [5.74, 6) is -1.02. The third kappa shape index (κ3) is 5.53. The summed E-state index contributed by atoms with van der Waals surface area (Å²) in [6.07, 6.45) is 4.16. The number of nitrogens with zero attached hydrogens (tertiary/aromatic N) is 5. The minimum Gasteiger partial charge on any atom is -0.389 e. The Kier molecular flexibility index (Phi) is 7.53. The Bertz CT molecular complexity index is 1710. The number of nitrogens with one attached hydrogen (secondary N) is 2. The van der Waals surface area contributed by atoms with E-state index in [4.69, 9.17) is 0 Å². The number of hydrogen-bond acceptors (Lipinski definition) is 7. The number of rotatable bonds is 8. The molecule has 222 valence electrons. The minimum atomic E-state index is -1.34. The third-order valence-corrected chi connectivity index (χ3v) is 8.03. The lowest BCUT2D eigenvalue weighted by Gasteiger charge is -2.24. The van der Waals surface area contributed by atoms with Crippen molar-refractivity contribution in [1.29, 1.82) is 0 Å². The summed E-state index contributed by atoms with van der Waals surface area (Å²) in [7, 11) is 0. The van der Waals surface area contributed by atoms with Crippen LogP contribution in [0.2, 0.25) is 0 Å². The number of aliphatic hydroxyl groups excluding tert-OH is 1. The van der Waals surface area contributed by atoms with Crippen LogP contribution < -0.4 is 10.6 Å². The number of benzene rings is 2. The zero-order chi connectivity index (χ0) is 30.2. The van der Waals surface area contributed by atoms with Crippen LogP contribution in [-0.2, 0) is 22.7 Å². The fourth-order valence-corrected chi connectivity index (χ4v) is 5.86. The first kappa shape index (κ1) is 28.3. The van der Waals surface area contributed by atoms with E-state index in [0.29, 0.717) is 41.1 Å². The molecule has 2 aromatic carbocycles. The van der Waals surface area contributed by atoms with E-state index in [-0.39, 0.29) is 25.4 Å². The van der Waals surface area contributed by atoms with Gasteiger partial charge in [-0.3, -0.25) is 14.4 Å². The highest BCUT2D eigenvalue weighted by atomic mass is 19.1. The molecule has 2 aliphatic rings. The van der Waals surface area contributed by atoms with Gasteiger partial charge in [-0.1, -0.05) is 6.07 Å². The fourth-order valence-electron chi connectivity index (χ4n) is 5.86. The Morgan fingerprint density at radius 3 is 2.63 bits per heavy atom. The summed E-state index contributed by atoms with van der Waals surface area (Å²) in [5, 5.41) is 17.2. The van der Waals surface area contributed by atoms with E-state index in [2.05, 4.69) is 20.6 Å². The van der Waals surface area contributed by atoms with E-state index in [1.54, 1.807) is 53.2 Å². The Morgan fingerprint density at radius 1 is 1.12 bits per heavy atom. The Labute approximate surface area is 247 Å². The lowest BCUT2D eigenvalue weighted by Crippen LogP contribution is -2.44. The molecular weight excluding hydrogens is 553 g/mol. The number of carbonyl (C=O) groups is 3. The Balaban J connectivity index is 1.20. The van der Waals surface area contributed by atoms with Gasteiger partial charge in [-0.05, 0) is 49.7 Å². The molecule has 3 N–H and O–H groups in total. The minimum absolute atomic E-state index is 0.0948. The maximum Gasteiger partial charge on any atom is 0.254 e. The van der Waals surface area contributed by atoms with Gasteiger partial charge in [0, 0.05) is 59.1 Å². The summed E-state index contributed by atoms with van der Waals surface area (Å²) in [5.41, 5.74) is 4.63. The average molecular weight is 586 g/mol. The summed E-state index contributed by atoms with van der Waals surface area (Å²) in [6.45, 7) is 4.33. The van der Waals surface area contributed by atoms with E-state index in [9.17, 15) is 23.9 Å². The van der Waals surface area contributed by atoms with Crippen LogP contribution >= 0.6 is 0 Å². The average Bonchev–Trinajstić information content (AvgIpc) is 3.66. The summed E-state index contributed by atoms with van der Waals surface area (Å²) >= 11 is 0. The smallest absolute Gasteiger partial charge is 0.254 e. The molecule has 2 aliphatic heterocycles. The Morgan fingerprint density at radius 2 is 1.88 bits per heavy atom. The quantitative estimate of drug-likeness (QED) is 0.287. The van der Waals surface area contributed by atoms with Gasteiger partial charge in [-0.2, -0.15) is 0 Å². The monoisotopic (exact) mass is 585 g/mol. The Hall–Kier alpha value is -4.84. The number of aliphatic hydroxyl groups is 1. The lowest BCUT2D eigenvalue weighted by atomic mass is 10.1. The van der Waals surface area contributed by atoms with Crippen molar-refractivity contribution in [2.24, 2.45) is 0 Å². The van der Waals surface area contributed by atoms with Crippen LogP contribution in [0.1, 0.15) is 47.9 Å². The molecular formula is C31H32FN7O4. The molecule has 1 fully saturated rings. The lowest BCUT2D eigenvalue weighted by molar-refractivity contribution is -0.137. The summed E-state index contributed by atoms with van der Waals surface area (Å²) < 4.78 is 16.4. The van der Waals surface area contributed by atoms with E-state index in [1.807, 2.05) is 25.1 Å². The normalized spacial score (nSPS) is 18.7. The molecule has 3 atom stereocenters. The highest BCUT2D eigenvalue weighted by Gasteiger charge is 2.40. The fraction of sp³-hybridized carbons (Fsp3) is 0.323. The molecule has 0 spiro atoms. The standard InChI is InChI=1S/C31H32FN7O4/c1-3-37-13-19-4-5-22(9-24(19)31(37)43)36-30(42)28-8-20(32)14-39(28)29(41)16-38-15-26(18(2)40)25-10-21(6-7-27(25)38)35-23-11-33-17-34-12-23/h4-7,9-12,15,17-18,20,28,35,40H,3,8,13-14,16H2,1-2H3,(H,36,42)/t18?,20-,28+/m1/s1. The van der Waals surface area contributed by atoms with Crippen LogP contribution in [-0.4, -0.2) is 72.5 Å². The number of anilines is 3. The van der Waals surface area contributed by atoms with Gasteiger partial charge < -0.3 is 30.1 Å². The maximum atomic E-state index is 14.6. The highest BCUT2D eigenvalue weighted by Crippen LogP contribution is 2.31. The number of halogens is 1. The second-order valence-corrected chi connectivity index (χ2v) is 10.9. The van der Waals surface area contributed by atoms with Crippen molar-refractivity contribution in [3.63, 3.8) is 0 Å². The van der Waals surface area contributed by atoms with E-state index in [1.165, 1.54) is 11.2 Å². The third-order valence-electron chi connectivity index (χ3n) is 8.03. The molecule has 0 saturated carbocycles. The summed E-state index contributed by atoms with van der Waals surface area (Å²) in [4.78, 5) is 50.4. The van der Waals surface area contributed by atoms with Crippen LogP contribution in [0, 0.1) is 0 Å². The van der Waals surface area contributed by atoms with Crippen LogP contribution in [0.25, 0.3) is 10.9 Å². The molecule has 4 aromatic rings. The molecule has 1 saturated heterocycles. The molecule has 1 unspecified atom stereocenters. The second-order valence-electron chi connectivity index (χ2n) is 10.9. The predicted octanol–water partition coefficient (Wildman–Crippen LogP) is 3.78. The number of fused-ring (bicyclic) bond motifs is 2. The predicted molar refractivity (Wildman–Crippen MR) is 158 cm³/mol. The summed E-state index contributed by atoms with van der Waals surface area (Å²) in [6, 6.07) is 9.70. The molecule has 6 rings (SSSR count). The molecule has 43 heavy (non-hydrogen) atoms. The number of hydrogen-bond donors (Lipinski definition) is 3. The first-order chi connectivity index (χ1) is 20.7. The van der Waals surface area contributed by atoms with Gasteiger partial charge in [-0.15, -0.1) is 0 Å². The molecule has 0 aliphatic carbocycles. The van der Waals surface area contributed by atoms with Crippen molar-refractivity contribution in [2.75, 3.05) is 23.7 Å². The number of amides is 3. The van der Waals surface area contributed by atoms with Gasteiger partial charge in [0.05, 0.1) is 30.7 Å². The molecule has 0 radical (unpaired) electrons. The van der Waals surface area contributed by atoms with Crippen molar-refractivity contribution >= 4 is 45.7 Å². The van der Waals surface area contributed by atoms with Crippen LogP contribution in [0.4, 0.5) is 21.5 Å². The zero-order valence-corrected chi connectivity index (χ0v) is 23.8. The van der Waals surface area contributed by atoms with E-state index >= 15 is 0 Å². The highest BCUT2D eigenvalue weighted by molar-refractivity contribution is 6.02. The van der Waals surface area contributed by atoms with Gasteiger partial charge in [0.15, 0.2) is 0 Å². The molecule has 12 heteroatoms. The van der Waals surface area contributed by atoms with Crippen LogP contribution in [0.15, 0.2) is 61.3 Å². The molecule has 4 heterocycles. The number of aromatic nitrogens is 3. The van der Waals surface area contributed by atoms with Crippen LogP contribution in [0.5, 0.6) is 0 Å². The van der Waals surface area contributed by atoms with E-state index in [0.717, 1.165) is 16.6 Å². The van der Waals surface area contributed by atoms with Crippen molar-refractivity contribution in [3.8, 4) is 0 Å². The van der Waals surface area contributed by atoms with E-state index < -0.39 is 30.1 Å².